The first-order valence-electron chi connectivity index (χ1n) is 8.80. The molecule has 138 valence electrons. The summed E-state index contributed by atoms with van der Waals surface area (Å²) in [5.74, 6) is -0.364. The van der Waals surface area contributed by atoms with Crippen molar-refractivity contribution in [3.63, 3.8) is 0 Å². The fourth-order valence-electron chi connectivity index (χ4n) is 3.14. The molecule has 2 heterocycles. The van der Waals surface area contributed by atoms with Gasteiger partial charge < -0.3 is 9.80 Å². The van der Waals surface area contributed by atoms with Crippen LogP contribution in [0.25, 0.3) is 0 Å². The van der Waals surface area contributed by atoms with Crippen LogP contribution in [0.5, 0.6) is 0 Å². The van der Waals surface area contributed by atoms with Crippen LogP contribution in [0.15, 0.2) is 36.7 Å². The smallest absolute Gasteiger partial charge is 0.244 e. The quantitative estimate of drug-likeness (QED) is 0.835. The van der Waals surface area contributed by atoms with Gasteiger partial charge in [0.2, 0.25) is 11.8 Å². The molecule has 26 heavy (non-hydrogen) atoms. The Morgan fingerprint density at radius 1 is 1.12 bits per heavy atom. The number of carbonyl (C=O) groups is 2. The highest BCUT2D eigenvalue weighted by Crippen LogP contribution is 2.10. The van der Waals surface area contributed by atoms with Crippen LogP contribution in [0.2, 0.25) is 0 Å². The van der Waals surface area contributed by atoms with Crippen molar-refractivity contribution in [2.45, 2.75) is 26.3 Å². The molecule has 1 saturated heterocycles. The summed E-state index contributed by atoms with van der Waals surface area (Å²) in [5.41, 5.74) is 1.68. The summed E-state index contributed by atoms with van der Waals surface area (Å²) in [7, 11) is 0. The Bertz CT molecular complexity index is 789. The van der Waals surface area contributed by atoms with Crippen molar-refractivity contribution in [1.29, 1.82) is 0 Å². The third kappa shape index (κ3) is 4.68. The van der Waals surface area contributed by atoms with Gasteiger partial charge in [-0.25, -0.2) is 4.39 Å². The monoisotopic (exact) mass is 358 g/mol. The Balaban J connectivity index is 1.54. The standard InChI is InChI=1S/C19H23FN4O2/c1-15-12-21-24(13-15)14-19(26)23-7-3-6-22(8-9-23)18(25)11-16-4-2-5-17(20)10-16/h2,4-5,10,12-13H,3,6-9,11,14H2,1H3. The number of nitrogens with zero attached hydrogens (tertiary/aromatic N) is 4. The fraction of sp³-hybridized carbons (Fsp3) is 0.421. The summed E-state index contributed by atoms with van der Waals surface area (Å²) < 4.78 is 14.9. The second-order valence-corrected chi connectivity index (χ2v) is 6.64. The first-order chi connectivity index (χ1) is 12.5. The van der Waals surface area contributed by atoms with E-state index in [0.717, 1.165) is 12.0 Å². The first kappa shape index (κ1) is 18.1. The summed E-state index contributed by atoms with van der Waals surface area (Å²) in [6.07, 6.45) is 4.48. The highest BCUT2D eigenvalue weighted by molar-refractivity contribution is 5.79. The number of halogens is 1. The topological polar surface area (TPSA) is 58.4 Å². The van der Waals surface area contributed by atoms with Crippen molar-refractivity contribution >= 4 is 11.8 Å². The Morgan fingerprint density at radius 3 is 2.50 bits per heavy atom. The van der Waals surface area contributed by atoms with E-state index in [9.17, 15) is 14.0 Å². The largest absolute Gasteiger partial charge is 0.341 e. The lowest BCUT2D eigenvalue weighted by Gasteiger charge is -2.22. The van der Waals surface area contributed by atoms with Gasteiger partial charge in [0.05, 0.1) is 12.6 Å². The van der Waals surface area contributed by atoms with Crippen LogP contribution in [0.4, 0.5) is 4.39 Å². The minimum absolute atomic E-state index is 0.00697. The van der Waals surface area contributed by atoms with Crippen LogP contribution >= 0.6 is 0 Å². The van der Waals surface area contributed by atoms with Crippen molar-refractivity contribution in [2.24, 2.45) is 0 Å². The molecule has 0 atom stereocenters. The Morgan fingerprint density at radius 2 is 1.85 bits per heavy atom. The number of amides is 2. The maximum atomic E-state index is 13.3. The van der Waals surface area contributed by atoms with Crippen LogP contribution in [-0.2, 0) is 22.6 Å². The van der Waals surface area contributed by atoms with E-state index in [1.807, 2.05) is 13.1 Å². The lowest BCUT2D eigenvalue weighted by Crippen LogP contribution is -2.39. The maximum Gasteiger partial charge on any atom is 0.244 e. The fourth-order valence-corrected chi connectivity index (χ4v) is 3.14. The summed E-state index contributed by atoms with van der Waals surface area (Å²) in [6, 6.07) is 6.11. The Labute approximate surface area is 152 Å². The second kappa shape index (κ2) is 8.12. The molecule has 0 saturated carbocycles. The van der Waals surface area contributed by atoms with E-state index in [2.05, 4.69) is 5.10 Å². The lowest BCUT2D eigenvalue weighted by atomic mass is 10.1. The molecular formula is C19H23FN4O2. The summed E-state index contributed by atoms with van der Waals surface area (Å²) in [6.45, 7) is 4.39. The predicted molar refractivity (Wildman–Crippen MR) is 94.8 cm³/mol. The van der Waals surface area contributed by atoms with Gasteiger partial charge in [0, 0.05) is 32.4 Å². The molecule has 1 aliphatic heterocycles. The van der Waals surface area contributed by atoms with Crippen molar-refractivity contribution in [1.82, 2.24) is 19.6 Å². The van der Waals surface area contributed by atoms with Crippen LogP contribution in [0.1, 0.15) is 17.5 Å². The zero-order valence-electron chi connectivity index (χ0n) is 14.9. The van der Waals surface area contributed by atoms with Gasteiger partial charge in [-0.15, -0.1) is 0 Å². The molecule has 3 rings (SSSR count). The molecule has 2 amide bonds. The molecule has 1 aromatic heterocycles. The SMILES string of the molecule is Cc1cnn(CC(=O)N2CCCN(C(=O)Cc3cccc(F)c3)CC2)c1. The first-order valence-corrected chi connectivity index (χ1v) is 8.80. The average molecular weight is 358 g/mol. The van der Waals surface area contributed by atoms with Crippen LogP contribution < -0.4 is 0 Å². The van der Waals surface area contributed by atoms with Crippen LogP contribution in [0, 0.1) is 12.7 Å². The second-order valence-electron chi connectivity index (χ2n) is 6.64. The molecule has 2 aromatic rings. The Hall–Kier alpha value is -2.70. The number of aryl methyl sites for hydroxylation is 1. The third-order valence-electron chi connectivity index (χ3n) is 4.51. The highest BCUT2D eigenvalue weighted by atomic mass is 19.1. The third-order valence-corrected chi connectivity index (χ3v) is 4.51. The molecule has 0 radical (unpaired) electrons. The number of hydrogen-bond acceptors (Lipinski definition) is 3. The van der Waals surface area contributed by atoms with Crippen molar-refractivity contribution in [3.05, 3.63) is 53.6 Å². The molecule has 0 spiro atoms. The van der Waals surface area contributed by atoms with Crippen molar-refractivity contribution < 1.29 is 14.0 Å². The van der Waals surface area contributed by atoms with Gasteiger partial charge >= 0.3 is 0 Å². The number of aromatic nitrogens is 2. The van der Waals surface area contributed by atoms with Gasteiger partial charge in [0.25, 0.3) is 0 Å². The van der Waals surface area contributed by atoms with E-state index < -0.39 is 0 Å². The van der Waals surface area contributed by atoms with Crippen molar-refractivity contribution in [2.75, 3.05) is 26.2 Å². The van der Waals surface area contributed by atoms with Crippen molar-refractivity contribution in [3.8, 4) is 0 Å². The maximum absolute atomic E-state index is 13.3. The summed E-state index contributed by atoms with van der Waals surface area (Å²) in [5, 5.41) is 4.15. The van der Waals surface area contributed by atoms with Crippen LogP contribution in [-0.4, -0.2) is 57.6 Å². The van der Waals surface area contributed by atoms with E-state index in [-0.39, 0.29) is 30.6 Å². The lowest BCUT2D eigenvalue weighted by molar-refractivity contribution is -0.133. The zero-order chi connectivity index (χ0) is 18.5. The van der Waals surface area contributed by atoms with E-state index in [0.29, 0.717) is 31.7 Å². The Kier molecular flexibility index (Phi) is 5.65. The molecule has 0 N–H and O–H groups in total. The van der Waals surface area contributed by atoms with Gasteiger partial charge in [-0.05, 0) is 36.6 Å². The van der Waals surface area contributed by atoms with Gasteiger partial charge in [-0.2, -0.15) is 5.10 Å². The molecule has 1 aliphatic rings. The number of rotatable bonds is 4. The highest BCUT2D eigenvalue weighted by Gasteiger charge is 2.22. The van der Waals surface area contributed by atoms with Gasteiger partial charge in [-0.1, -0.05) is 12.1 Å². The number of hydrogen-bond donors (Lipinski definition) is 0. The van der Waals surface area contributed by atoms with E-state index in [1.165, 1.54) is 12.1 Å². The normalized spacial score (nSPS) is 15.0. The van der Waals surface area contributed by atoms with Gasteiger partial charge in [0.1, 0.15) is 12.4 Å². The van der Waals surface area contributed by atoms with Crippen LogP contribution in [0.3, 0.4) is 0 Å². The van der Waals surface area contributed by atoms with Gasteiger partial charge in [-0.3, -0.25) is 14.3 Å². The predicted octanol–water partition coefficient (Wildman–Crippen LogP) is 1.63. The molecule has 7 heteroatoms. The molecule has 0 aliphatic carbocycles. The van der Waals surface area contributed by atoms with E-state index in [4.69, 9.17) is 0 Å². The molecular weight excluding hydrogens is 335 g/mol. The zero-order valence-corrected chi connectivity index (χ0v) is 14.9. The minimum Gasteiger partial charge on any atom is -0.341 e. The molecule has 0 bridgehead atoms. The molecule has 1 fully saturated rings. The average Bonchev–Trinajstić information content (AvgIpc) is 2.85. The molecule has 0 unspecified atom stereocenters. The molecule has 1 aromatic carbocycles. The summed E-state index contributed by atoms with van der Waals surface area (Å²) in [4.78, 5) is 28.5. The summed E-state index contributed by atoms with van der Waals surface area (Å²) >= 11 is 0. The number of carbonyl (C=O) groups excluding carboxylic acids is 2. The van der Waals surface area contributed by atoms with Gasteiger partial charge in [0.15, 0.2) is 0 Å². The number of benzene rings is 1. The van der Waals surface area contributed by atoms with E-state index in [1.54, 1.807) is 32.8 Å². The minimum atomic E-state index is -0.336. The molecule has 6 nitrogen and oxygen atoms in total. The van der Waals surface area contributed by atoms with E-state index >= 15 is 0 Å².